The molecule has 1 rings (SSSR count). The van der Waals surface area contributed by atoms with Gasteiger partial charge in [-0.1, -0.05) is 6.07 Å². The van der Waals surface area contributed by atoms with Gasteiger partial charge in [-0.15, -0.1) is 11.3 Å². The van der Waals surface area contributed by atoms with Crippen LogP contribution in [0.3, 0.4) is 0 Å². The third-order valence-corrected chi connectivity index (χ3v) is 3.97. The van der Waals surface area contributed by atoms with Gasteiger partial charge in [-0.3, -0.25) is 0 Å². The van der Waals surface area contributed by atoms with Crippen LogP contribution in [0.15, 0.2) is 17.5 Å². The Bertz CT molecular complexity index is 269. The Morgan fingerprint density at radius 2 is 2.20 bits per heavy atom. The van der Waals surface area contributed by atoms with Crippen LogP contribution in [0.25, 0.3) is 0 Å². The largest absolute Gasteiger partial charge is 0.396 e. The lowest BCUT2D eigenvalue weighted by atomic mass is 9.99. The number of nitrogens with zero attached hydrogens (tertiary/aromatic N) is 1. The molecule has 0 aliphatic heterocycles. The summed E-state index contributed by atoms with van der Waals surface area (Å²) in [5.74, 6) is 0. The lowest BCUT2D eigenvalue weighted by Crippen LogP contribution is -2.42. The molecule has 0 saturated heterocycles. The van der Waals surface area contributed by atoms with Crippen molar-refractivity contribution >= 4 is 11.3 Å². The summed E-state index contributed by atoms with van der Waals surface area (Å²) in [7, 11) is 2.13. The standard InChI is InChI=1S/C12H21NOS/c1-12(2,7-9-14)13(3)8-6-11-5-4-10-15-11/h4-5,10,14H,6-9H2,1-3H3. The minimum absolute atomic E-state index is 0.0893. The number of likely N-dealkylation sites (N-methyl/N-ethyl adjacent to an activating group) is 1. The second-order valence-corrected chi connectivity index (χ2v) is 5.57. The van der Waals surface area contributed by atoms with Crippen molar-refractivity contribution in [2.45, 2.75) is 32.2 Å². The summed E-state index contributed by atoms with van der Waals surface area (Å²) in [5.41, 5.74) is 0.0893. The van der Waals surface area contributed by atoms with Crippen LogP contribution >= 0.6 is 11.3 Å². The van der Waals surface area contributed by atoms with Gasteiger partial charge >= 0.3 is 0 Å². The van der Waals surface area contributed by atoms with E-state index in [0.717, 1.165) is 19.4 Å². The van der Waals surface area contributed by atoms with Gasteiger partial charge < -0.3 is 10.0 Å². The molecular weight excluding hydrogens is 206 g/mol. The van der Waals surface area contributed by atoms with Crippen LogP contribution in [0.2, 0.25) is 0 Å². The number of thiophene rings is 1. The fourth-order valence-corrected chi connectivity index (χ4v) is 2.20. The first kappa shape index (κ1) is 12.7. The molecule has 0 fully saturated rings. The highest BCUT2D eigenvalue weighted by atomic mass is 32.1. The van der Waals surface area contributed by atoms with Crippen LogP contribution in [-0.2, 0) is 6.42 Å². The summed E-state index contributed by atoms with van der Waals surface area (Å²) in [6, 6.07) is 4.27. The van der Waals surface area contributed by atoms with Gasteiger partial charge in [-0.05, 0) is 45.2 Å². The molecule has 86 valence electrons. The van der Waals surface area contributed by atoms with Crippen molar-refractivity contribution < 1.29 is 5.11 Å². The monoisotopic (exact) mass is 227 g/mol. The zero-order chi connectivity index (χ0) is 11.3. The maximum absolute atomic E-state index is 8.98. The van der Waals surface area contributed by atoms with Gasteiger partial charge in [0.25, 0.3) is 0 Å². The molecule has 0 bridgehead atoms. The summed E-state index contributed by atoms with van der Waals surface area (Å²) in [4.78, 5) is 3.75. The van der Waals surface area contributed by atoms with Crippen LogP contribution in [0, 0.1) is 0 Å². The van der Waals surface area contributed by atoms with Gasteiger partial charge in [0.1, 0.15) is 0 Å². The molecule has 0 aliphatic carbocycles. The Morgan fingerprint density at radius 1 is 1.47 bits per heavy atom. The maximum Gasteiger partial charge on any atom is 0.0448 e. The highest BCUT2D eigenvalue weighted by Crippen LogP contribution is 2.18. The third kappa shape index (κ3) is 3.93. The van der Waals surface area contributed by atoms with E-state index in [-0.39, 0.29) is 12.1 Å². The van der Waals surface area contributed by atoms with E-state index in [0.29, 0.717) is 0 Å². The van der Waals surface area contributed by atoms with Crippen LogP contribution < -0.4 is 0 Å². The highest BCUT2D eigenvalue weighted by Gasteiger charge is 2.22. The lowest BCUT2D eigenvalue weighted by molar-refractivity contribution is 0.118. The molecule has 1 aromatic rings. The molecular formula is C12H21NOS. The molecule has 1 aromatic heterocycles. The van der Waals surface area contributed by atoms with E-state index in [9.17, 15) is 0 Å². The number of rotatable bonds is 6. The molecule has 0 aromatic carbocycles. The molecule has 2 nitrogen and oxygen atoms in total. The van der Waals surface area contributed by atoms with Gasteiger partial charge in [-0.2, -0.15) is 0 Å². The summed E-state index contributed by atoms with van der Waals surface area (Å²) >= 11 is 1.81. The zero-order valence-corrected chi connectivity index (χ0v) is 10.7. The Kier molecular flexibility index (Phi) is 4.77. The van der Waals surface area contributed by atoms with E-state index < -0.39 is 0 Å². The van der Waals surface area contributed by atoms with Gasteiger partial charge in [0, 0.05) is 23.6 Å². The predicted octanol–water partition coefficient (Wildman–Crippen LogP) is 2.38. The van der Waals surface area contributed by atoms with E-state index >= 15 is 0 Å². The number of hydrogen-bond donors (Lipinski definition) is 1. The normalized spacial score (nSPS) is 12.3. The van der Waals surface area contributed by atoms with Crippen molar-refractivity contribution in [1.82, 2.24) is 4.90 Å². The average molecular weight is 227 g/mol. The first-order valence-electron chi connectivity index (χ1n) is 5.41. The Hall–Kier alpha value is -0.380. The minimum atomic E-state index is 0.0893. The summed E-state index contributed by atoms with van der Waals surface area (Å²) in [5, 5.41) is 11.1. The predicted molar refractivity (Wildman–Crippen MR) is 66.4 cm³/mol. The quantitative estimate of drug-likeness (QED) is 0.806. The Labute approximate surface area is 96.5 Å². The lowest BCUT2D eigenvalue weighted by Gasteiger charge is -2.35. The molecule has 0 saturated carbocycles. The van der Waals surface area contributed by atoms with Gasteiger partial charge in [0.05, 0.1) is 0 Å². The number of aliphatic hydroxyl groups excluding tert-OH is 1. The van der Waals surface area contributed by atoms with Crippen LogP contribution in [0.5, 0.6) is 0 Å². The average Bonchev–Trinajstić information content (AvgIpc) is 2.66. The number of hydrogen-bond acceptors (Lipinski definition) is 3. The Morgan fingerprint density at radius 3 is 2.73 bits per heavy atom. The summed E-state index contributed by atoms with van der Waals surface area (Å²) < 4.78 is 0. The third-order valence-electron chi connectivity index (χ3n) is 3.03. The molecule has 0 atom stereocenters. The van der Waals surface area contributed by atoms with E-state index in [1.54, 1.807) is 0 Å². The molecule has 3 heteroatoms. The van der Waals surface area contributed by atoms with E-state index in [1.165, 1.54) is 4.88 Å². The molecule has 0 aliphatic rings. The topological polar surface area (TPSA) is 23.5 Å². The van der Waals surface area contributed by atoms with Gasteiger partial charge in [-0.25, -0.2) is 0 Å². The highest BCUT2D eigenvalue weighted by molar-refractivity contribution is 7.09. The van der Waals surface area contributed by atoms with Crippen molar-refractivity contribution in [3.63, 3.8) is 0 Å². The van der Waals surface area contributed by atoms with Crippen molar-refractivity contribution in [2.75, 3.05) is 20.2 Å². The van der Waals surface area contributed by atoms with Crippen LogP contribution in [-0.4, -0.2) is 35.7 Å². The summed E-state index contributed by atoms with van der Waals surface area (Å²) in [6.45, 7) is 5.67. The van der Waals surface area contributed by atoms with Crippen molar-refractivity contribution in [1.29, 1.82) is 0 Å². The fourth-order valence-electron chi connectivity index (χ4n) is 1.50. The van der Waals surface area contributed by atoms with Crippen molar-refractivity contribution in [3.05, 3.63) is 22.4 Å². The van der Waals surface area contributed by atoms with E-state index in [2.05, 4.69) is 43.3 Å². The first-order valence-corrected chi connectivity index (χ1v) is 6.29. The molecule has 0 unspecified atom stereocenters. The molecule has 1 heterocycles. The van der Waals surface area contributed by atoms with Crippen molar-refractivity contribution in [3.8, 4) is 0 Å². The Balaban J connectivity index is 2.38. The first-order chi connectivity index (χ1) is 7.06. The second kappa shape index (κ2) is 5.64. The van der Waals surface area contributed by atoms with E-state index in [1.807, 2.05) is 11.3 Å². The van der Waals surface area contributed by atoms with Gasteiger partial charge in [0.2, 0.25) is 0 Å². The molecule has 0 radical (unpaired) electrons. The van der Waals surface area contributed by atoms with Crippen LogP contribution in [0.4, 0.5) is 0 Å². The smallest absolute Gasteiger partial charge is 0.0448 e. The second-order valence-electron chi connectivity index (χ2n) is 4.54. The minimum Gasteiger partial charge on any atom is -0.396 e. The number of aliphatic hydroxyl groups is 1. The maximum atomic E-state index is 8.98. The molecule has 1 N–H and O–H groups in total. The fraction of sp³-hybridized carbons (Fsp3) is 0.667. The van der Waals surface area contributed by atoms with Crippen molar-refractivity contribution in [2.24, 2.45) is 0 Å². The molecule has 0 spiro atoms. The SMILES string of the molecule is CN(CCc1cccs1)C(C)(C)CCO. The van der Waals surface area contributed by atoms with E-state index in [4.69, 9.17) is 5.11 Å². The molecule has 15 heavy (non-hydrogen) atoms. The molecule has 0 amide bonds. The summed E-state index contributed by atoms with van der Waals surface area (Å²) in [6.07, 6.45) is 1.93. The zero-order valence-electron chi connectivity index (χ0n) is 9.86. The van der Waals surface area contributed by atoms with Crippen LogP contribution in [0.1, 0.15) is 25.1 Å². The van der Waals surface area contributed by atoms with Gasteiger partial charge in [0.15, 0.2) is 0 Å².